The third-order valence-electron chi connectivity index (χ3n) is 1.71. The van der Waals surface area contributed by atoms with Crippen LogP contribution in [0.5, 0.6) is 0 Å². The van der Waals surface area contributed by atoms with Crippen molar-refractivity contribution in [1.29, 1.82) is 0 Å². The van der Waals surface area contributed by atoms with Crippen LogP contribution in [0.4, 0.5) is 5.69 Å². The fourth-order valence-corrected chi connectivity index (χ4v) is 1.83. The van der Waals surface area contributed by atoms with E-state index in [9.17, 15) is 19.1 Å². The van der Waals surface area contributed by atoms with Crippen LogP contribution in [0.1, 0.15) is 6.92 Å². The van der Waals surface area contributed by atoms with Gasteiger partial charge in [0.15, 0.2) is 0 Å². The molecule has 1 unspecified atom stereocenters. The van der Waals surface area contributed by atoms with Crippen molar-refractivity contribution in [3.63, 3.8) is 0 Å². The molecule has 86 valence electrons. The van der Waals surface area contributed by atoms with Gasteiger partial charge in [0.2, 0.25) is 0 Å². The highest BCUT2D eigenvalue weighted by Gasteiger charge is 2.08. The molecule has 0 saturated carbocycles. The number of nitro groups is 1. The number of carbonyl (C=O) groups excluding carboxylic acids is 1. The first-order valence-electron chi connectivity index (χ1n) is 4.40. The van der Waals surface area contributed by atoms with Crippen molar-refractivity contribution in [2.24, 2.45) is 0 Å². The van der Waals surface area contributed by atoms with Gasteiger partial charge in [-0.25, -0.2) is 8.93 Å². The molecular weight excluding hydrogens is 232 g/mol. The zero-order chi connectivity index (χ0) is 12.1. The van der Waals surface area contributed by atoms with Gasteiger partial charge in [0.25, 0.3) is 5.69 Å². The van der Waals surface area contributed by atoms with Crippen LogP contribution in [0.2, 0.25) is 0 Å². The molecule has 1 rings (SSSR count). The summed E-state index contributed by atoms with van der Waals surface area (Å²) < 4.78 is 14.0. The van der Waals surface area contributed by atoms with E-state index < -0.39 is 15.9 Å². The van der Waals surface area contributed by atoms with E-state index in [-0.39, 0.29) is 18.0 Å². The second-order valence-electron chi connectivity index (χ2n) is 3.04. The molecule has 0 fully saturated rings. The Bertz CT molecular complexity index is 430. The summed E-state index contributed by atoms with van der Waals surface area (Å²) >= 11 is 0. The quantitative estimate of drug-likeness (QED) is 0.610. The van der Waals surface area contributed by atoms with Gasteiger partial charge >= 0.3 is 0 Å². The minimum atomic E-state index is -1.52. The van der Waals surface area contributed by atoms with Gasteiger partial charge in [0.1, 0.15) is 16.8 Å². The Labute approximate surface area is 94.4 Å². The average molecular weight is 242 g/mol. The largest absolute Gasteiger partial charge is 0.299 e. The monoisotopic (exact) mass is 242 g/mol. The van der Waals surface area contributed by atoms with E-state index in [1.54, 1.807) is 0 Å². The van der Waals surface area contributed by atoms with Gasteiger partial charge in [-0.05, 0) is 19.1 Å². The highest BCUT2D eigenvalue weighted by Crippen LogP contribution is 2.13. The van der Waals surface area contributed by atoms with E-state index in [1.165, 1.54) is 31.2 Å². The zero-order valence-electron chi connectivity index (χ0n) is 8.50. The number of hydrogen-bond acceptors (Lipinski definition) is 4. The van der Waals surface area contributed by atoms with Crippen molar-refractivity contribution < 1.29 is 13.9 Å². The number of nitrogens with one attached hydrogen (secondary N) is 1. The maximum atomic E-state index is 11.5. The first-order chi connectivity index (χ1) is 7.50. The maximum absolute atomic E-state index is 11.5. The standard InChI is InChI=1S/C9H10N2O4S/c1-7(12)6-10-16(15)9-4-2-8(3-5-9)11(13)14/h2-5,10H,6H2,1H3. The van der Waals surface area contributed by atoms with E-state index in [0.29, 0.717) is 4.90 Å². The number of benzene rings is 1. The summed E-state index contributed by atoms with van der Waals surface area (Å²) in [5.74, 6) is -0.129. The van der Waals surface area contributed by atoms with Crippen LogP contribution in [-0.4, -0.2) is 21.5 Å². The van der Waals surface area contributed by atoms with Gasteiger partial charge in [0.05, 0.1) is 16.4 Å². The van der Waals surface area contributed by atoms with E-state index in [0.717, 1.165) is 0 Å². The summed E-state index contributed by atoms with van der Waals surface area (Å²) in [6, 6.07) is 5.31. The highest BCUT2D eigenvalue weighted by atomic mass is 32.2. The molecule has 7 heteroatoms. The number of nitrogens with zero attached hydrogens (tertiary/aromatic N) is 1. The summed E-state index contributed by atoms with van der Waals surface area (Å²) in [5, 5.41) is 10.4. The molecule has 0 amide bonds. The third kappa shape index (κ3) is 3.52. The second-order valence-corrected chi connectivity index (χ2v) is 4.34. The molecule has 0 aliphatic carbocycles. The molecular formula is C9H10N2O4S. The Morgan fingerprint density at radius 2 is 2.00 bits per heavy atom. The second kappa shape index (κ2) is 5.47. The van der Waals surface area contributed by atoms with Crippen LogP contribution < -0.4 is 4.72 Å². The molecule has 0 aromatic heterocycles. The van der Waals surface area contributed by atoms with Crippen LogP contribution in [0, 0.1) is 10.1 Å². The molecule has 0 heterocycles. The molecule has 0 spiro atoms. The number of non-ortho nitro benzene ring substituents is 1. The van der Waals surface area contributed by atoms with Crippen LogP contribution in [0.25, 0.3) is 0 Å². The normalized spacial score (nSPS) is 12.1. The van der Waals surface area contributed by atoms with Crippen molar-refractivity contribution in [3.8, 4) is 0 Å². The lowest BCUT2D eigenvalue weighted by Gasteiger charge is -2.01. The Balaban J connectivity index is 2.70. The van der Waals surface area contributed by atoms with Gasteiger partial charge in [0, 0.05) is 12.1 Å². The smallest absolute Gasteiger partial charge is 0.269 e. The zero-order valence-corrected chi connectivity index (χ0v) is 9.32. The number of carbonyl (C=O) groups is 1. The summed E-state index contributed by atoms with van der Waals surface area (Å²) in [4.78, 5) is 20.9. The van der Waals surface area contributed by atoms with Crippen LogP contribution >= 0.6 is 0 Å². The first kappa shape index (κ1) is 12.5. The number of Topliss-reactive ketones (excluding diaryl/α,β-unsaturated/α-hetero) is 1. The average Bonchev–Trinajstić information content (AvgIpc) is 2.26. The Hall–Kier alpha value is -1.60. The van der Waals surface area contributed by atoms with Crippen LogP contribution in [0.15, 0.2) is 29.2 Å². The van der Waals surface area contributed by atoms with Crippen molar-refractivity contribution >= 4 is 22.5 Å². The molecule has 1 N–H and O–H groups in total. The molecule has 1 aromatic carbocycles. The van der Waals surface area contributed by atoms with Gasteiger partial charge in [-0.3, -0.25) is 14.9 Å². The summed E-state index contributed by atoms with van der Waals surface area (Å²) in [6.07, 6.45) is 0. The lowest BCUT2D eigenvalue weighted by atomic mass is 10.3. The molecule has 1 atom stereocenters. The first-order valence-corrected chi connectivity index (χ1v) is 5.55. The Morgan fingerprint density at radius 3 is 2.44 bits per heavy atom. The number of ketones is 1. The van der Waals surface area contributed by atoms with E-state index in [2.05, 4.69) is 4.72 Å². The van der Waals surface area contributed by atoms with Gasteiger partial charge < -0.3 is 0 Å². The maximum Gasteiger partial charge on any atom is 0.269 e. The van der Waals surface area contributed by atoms with Crippen LogP contribution in [0.3, 0.4) is 0 Å². The molecule has 0 aliphatic rings. The SMILES string of the molecule is CC(=O)CNS(=O)c1ccc([N+](=O)[O-])cc1. The Kier molecular flexibility index (Phi) is 4.27. The van der Waals surface area contributed by atoms with E-state index in [1.807, 2.05) is 0 Å². The lowest BCUT2D eigenvalue weighted by Crippen LogP contribution is -2.23. The van der Waals surface area contributed by atoms with Gasteiger partial charge in [-0.2, -0.15) is 0 Å². The molecule has 0 saturated heterocycles. The van der Waals surface area contributed by atoms with Gasteiger partial charge in [-0.15, -0.1) is 0 Å². The summed E-state index contributed by atoms with van der Waals surface area (Å²) in [7, 11) is -1.52. The lowest BCUT2D eigenvalue weighted by molar-refractivity contribution is -0.384. The highest BCUT2D eigenvalue weighted by molar-refractivity contribution is 7.83. The van der Waals surface area contributed by atoms with Crippen LogP contribution in [-0.2, 0) is 15.8 Å². The molecule has 1 aromatic rings. The number of nitro benzene ring substituents is 1. The van der Waals surface area contributed by atoms with Crippen molar-refractivity contribution in [2.75, 3.05) is 6.54 Å². The third-order valence-corrected chi connectivity index (χ3v) is 2.82. The molecule has 16 heavy (non-hydrogen) atoms. The summed E-state index contributed by atoms with van der Waals surface area (Å²) in [6.45, 7) is 1.38. The van der Waals surface area contributed by atoms with Crippen molar-refractivity contribution in [3.05, 3.63) is 34.4 Å². The fourth-order valence-electron chi connectivity index (χ4n) is 0.942. The topological polar surface area (TPSA) is 89.3 Å². The minimum Gasteiger partial charge on any atom is -0.299 e. The van der Waals surface area contributed by atoms with E-state index in [4.69, 9.17) is 0 Å². The molecule has 0 aliphatic heterocycles. The molecule has 0 bridgehead atoms. The van der Waals surface area contributed by atoms with Crippen molar-refractivity contribution in [2.45, 2.75) is 11.8 Å². The number of rotatable bonds is 5. The predicted molar refractivity (Wildman–Crippen MR) is 58.2 cm³/mol. The minimum absolute atomic E-state index is 0.00357. The molecule has 6 nitrogen and oxygen atoms in total. The predicted octanol–water partition coefficient (Wildman–Crippen LogP) is 0.796. The Morgan fingerprint density at radius 1 is 1.44 bits per heavy atom. The fraction of sp³-hybridized carbons (Fsp3) is 0.222. The van der Waals surface area contributed by atoms with E-state index >= 15 is 0 Å². The summed E-state index contributed by atoms with van der Waals surface area (Å²) in [5.41, 5.74) is -0.0627. The van der Waals surface area contributed by atoms with Crippen molar-refractivity contribution in [1.82, 2.24) is 4.72 Å². The molecule has 0 radical (unpaired) electrons. The number of hydrogen-bond donors (Lipinski definition) is 1. The van der Waals surface area contributed by atoms with Gasteiger partial charge in [-0.1, -0.05) is 0 Å².